The minimum atomic E-state index is -0.409. The van der Waals surface area contributed by atoms with E-state index in [1.165, 1.54) is 0 Å². The largest absolute Gasteiger partial charge is 0.461 e. The number of aryl methyl sites for hydroxylation is 1. The third-order valence-corrected chi connectivity index (χ3v) is 6.33. The number of carbonyl (C=O) groups is 4. The quantitative estimate of drug-likeness (QED) is 0.616. The van der Waals surface area contributed by atoms with Gasteiger partial charge in [0.1, 0.15) is 16.5 Å². The Morgan fingerprint density at radius 2 is 1.42 bits per heavy atom. The average molecular weight is 477 g/mol. The lowest BCUT2D eigenvalue weighted by atomic mass is 9.92. The fourth-order valence-corrected chi connectivity index (χ4v) is 4.75. The predicted octanol–water partition coefficient (Wildman–Crippen LogP) is 4.10. The number of fused-ring (bicyclic) bond motifs is 2. The van der Waals surface area contributed by atoms with Gasteiger partial charge in [0.25, 0.3) is 0 Å². The Morgan fingerprint density at radius 3 is 2.03 bits per heavy atom. The molecule has 2 aromatic rings. The summed E-state index contributed by atoms with van der Waals surface area (Å²) in [5, 5.41) is 0.341. The summed E-state index contributed by atoms with van der Waals surface area (Å²) in [6, 6.07) is 0. The summed E-state index contributed by atoms with van der Waals surface area (Å²) in [5.74, 6) is -0.594. The van der Waals surface area contributed by atoms with Crippen molar-refractivity contribution in [3.8, 4) is 0 Å². The fourth-order valence-electron chi connectivity index (χ4n) is 4.45. The summed E-state index contributed by atoms with van der Waals surface area (Å²) >= 11 is 6.11. The standard InChI is InChI=1S/C12H14ClNO3.C12H15NO3/c1-3-17-12(16)10-7-5-4-6-8(15)9(7)11(13)14(10)2;1-3-16-12(15)11-8-5-4-6-10(14)9(8)7-13(11)2/h3-6H2,1-2H3;7H,3-6H2,1-2H3. The van der Waals surface area contributed by atoms with Gasteiger partial charge in [-0.05, 0) is 50.7 Å². The number of nitrogens with zero attached hydrogens (tertiary/aromatic N) is 2. The summed E-state index contributed by atoms with van der Waals surface area (Å²) < 4.78 is 13.2. The molecule has 0 aliphatic heterocycles. The highest BCUT2D eigenvalue weighted by Gasteiger charge is 2.31. The van der Waals surface area contributed by atoms with Gasteiger partial charge in [-0.15, -0.1) is 0 Å². The number of halogens is 1. The van der Waals surface area contributed by atoms with Crippen molar-refractivity contribution in [2.75, 3.05) is 13.2 Å². The van der Waals surface area contributed by atoms with Crippen LogP contribution in [0.1, 0.15) is 92.4 Å². The van der Waals surface area contributed by atoms with E-state index in [1.54, 1.807) is 43.3 Å². The molecule has 2 aliphatic rings. The molecule has 0 atom stereocenters. The molecule has 0 unspecified atom stereocenters. The van der Waals surface area contributed by atoms with Crippen LogP contribution >= 0.6 is 11.6 Å². The predicted molar refractivity (Wildman–Crippen MR) is 122 cm³/mol. The van der Waals surface area contributed by atoms with E-state index in [0.29, 0.717) is 60.1 Å². The first-order chi connectivity index (χ1) is 15.7. The normalized spacial score (nSPS) is 14.7. The Labute approximate surface area is 197 Å². The maximum atomic E-state index is 11.8. The van der Waals surface area contributed by atoms with Crippen LogP contribution in [0.15, 0.2) is 6.20 Å². The average Bonchev–Trinajstić information content (AvgIpc) is 3.24. The lowest BCUT2D eigenvalue weighted by Crippen LogP contribution is -2.14. The van der Waals surface area contributed by atoms with Gasteiger partial charge in [-0.1, -0.05) is 11.6 Å². The highest BCUT2D eigenvalue weighted by molar-refractivity contribution is 6.34. The fraction of sp³-hybridized carbons (Fsp3) is 0.500. The summed E-state index contributed by atoms with van der Waals surface area (Å²) in [5.41, 5.74) is 3.74. The number of esters is 2. The first-order valence-corrected chi connectivity index (χ1v) is 11.6. The summed E-state index contributed by atoms with van der Waals surface area (Å²) in [7, 11) is 3.46. The van der Waals surface area contributed by atoms with Gasteiger partial charge in [-0.3, -0.25) is 9.59 Å². The van der Waals surface area contributed by atoms with Crippen molar-refractivity contribution >= 4 is 35.1 Å². The van der Waals surface area contributed by atoms with Gasteiger partial charge in [0.15, 0.2) is 11.6 Å². The molecule has 0 radical (unpaired) electrons. The molecule has 2 aliphatic carbocycles. The zero-order valence-electron chi connectivity index (χ0n) is 19.5. The second kappa shape index (κ2) is 10.4. The maximum Gasteiger partial charge on any atom is 0.355 e. The van der Waals surface area contributed by atoms with Crippen molar-refractivity contribution in [2.45, 2.75) is 52.4 Å². The van der Waals surface area contributed by atoms with Crippen molar-refractivity contribution in [1.82, 2.24) is 9.13 Å². The molecule has 0 aromatic carbocycles. The van der Waals surface area contributed by atoms with E-state index in [1.807, 2.05) is 0 Å². The molecule has 178 valence electrons. The van der Waals surface area contributed by atoms with Gasteiger partial charge in [0, 0.05) is 38.7 Å². The van der Waals surface area contributed by atoms with Crippen molar-refractivity contribution < 1.29 is 28.7 Å². The Morgan fingerprint density at radius 1 is 0.879 bits per heavy atom. The number of aromatic nitrogens is 2. The Hall–Kier alpha value is -2.87. The van der Waals surface area contributed by atoms with Crippen LogP contribution in [-0.2, 0) is 36.4 Å². The smallest absolute Gasteiger partial charge is 0.355 e. The molecular weight excluding hydrogens is 448 g/mol. The first-order valence-electron chi connectivity index (χ1n) is 11.2. The Balaban J connectivity index is 0.000000186. The number of hydrogen-bond donors (Lipinski definition) is 0. The second-order valence-electron chi connectivity index (χ2n) is 8.03. The van der Waals surface area contributed by atoms with Crippen LogP contribution in [0.5, 0.6) is 0 Å². The molecule has 0 amide bonds. The number of Topliss-reactive ketones (excluding diaryl/α,β-unsaturated/α-hetero) is 2. The molecule has 0 spiro atoms. The molecule has 2 heterocycles. The van der Waals surface area contributed by atoms with E-state index < -0.39 is 5.97 Å². The molecule has 0 N–H and O–H groups in total. The number of ketones is 2. The van der Waals surface area contributed by atoms with Crippen molar-refractivity contribution in [3.05, 3.63) is 45.0 Å². The van der Waals surface area contributed by atoms with Gasteiger partial charge in [-0.25, -0.2) is 9.59 Å². The van der Waals surface area contributed by atoms with Gasteiger partial charge in [0.05, 0.1) is 18.8 Å². The highest BCUT2D eigenvalue weighted by Crippen LogP contribution is 2.33. The first kappa shape index (κ1) is 24.8. The molecule has 2 aromatic heterocycles. The van der Waals surface area contributed by atoms with E-state index in [2.05, 4.69) is 0 Å². The summed E-state index contributed by atoms with van der Waals surface area (Å²) in [6.45, 7) is 4.19. The van der Waals surface area contributed by atoms with Crippen LogP contribution in [0, 0.1) is 0 Å². The van der Waals surface area contributed by atoms with Gasteiger partial charge in [0.2, 0.25) is 0 Å². The third kappa shape index (κ3) is 4.76. The van der Waals surface area contributed by atoms with Crippen LogP contribution in [0.4, 0.5) is 0 Å². The minimum absolute atomic E-state index is 0.0161. The highest BCUT2D eigenvalue weighted by atomic mass is 35.5. The SMILES string of the molecule is CCOC(=O)c1c2c(c(Cl)n1C)C(=O)CCC2.CCOC(=O)c1c2c(cn1C)C(=O)CCC2. The molecular formula is C24H29ClN2O6. The summed E-state index contributed by atoms with van der Waals surface area (Å²) in [6.07, 6.45) is 5.90. The van der Waals surface area contributed by atoms with E-state index in [0.717, 1.165) is 30.4 Å². The molecule has 0 saturated heterocycles. The number of rotatable bonds is 4. The molecule has 0 saturated carbocycles. The van der Waals surface area contributed by atoms with Crippen LogP contribution < -0.4 is 0 Å². The molecule has 33 heavy (non-hydrogen) atoms. The number of hydrogen-bond acceptors (Lipinski definition) is 6. The van der Waals surface area contributed by atoms with Gasteiger partial charge < -0.3 is 18.6 Å². The second-order valence-corrected chi connectivity index (χ2v) is 8.39. The lowest BCUT2D eigenvalue weighted by molar-refractivity contribution is 0.0504. The van der Waals surface area contributed by atoms with Crippen LogP contribution in [0.25, 0.3) is 0 Å². The lowest BCUT2D eigenvalue weighted by Gasteiger charge is -2.11. The molecule has 0 bridgehead atoms. The molecule has 4 rings (SSSR count). The number of carbonyl (C=O) groups excluding carboxylic acids is 4. The van der Waals surface area contributed by atoms with E-state index in [4.69, 9.17) is 21.1 Å². The minimum Gasteiger partial charge on any atom is -0.461 e. The van der Waals surface area contributed by atoms with Gasteiger partial charge >= 0.3 is 11.9 Å². The Kier molecular flexibility index (Phi) is 7.79. The van der Waals surface area contributed by atoms with Crippen molar-refractivity contribution in [3.63, 3.8) is 0 Å². The maximum absolute atomic E-state index is 11.8. The van der Waals surface area contributed by atoms with Crippen molar-refractivity contribution in [2.24, 2.45) is 14.1 Å². The Bertz CT molecular complexity index is 1110. The van der Waals surface area contributed by atoms with E-state index in [9.17, 15) is 19.2 Å². The zero-order chi connectivity index (χ0) is 24.3. The topological polar surface area (TPSA) is 96.6 Å². The third-order valence-electron chi connectivity index (χ3n) is 5.89. The molecule has 8 nitrogen and oxygen atoms in total. The van der Waals surface area contributed by atoms with E-state index in [-0.39, 0.29) is 17.5 Å². The van der Waals surface area contributed by atoms with Crippen LogP contribution in [0.3, 0.4) is 0 Å². The zero-order valence-corrected chi connectivity index (χ0v) is 20.2. The van der Waals surface area contributed by atoms with Gasteiger partial charge in [-0.2, -0.15) is 0 Å². The van der Waals surface area contributed by atoms with Crippen molar-refractivity contribution in [1.29, 1.82) is 0 Å². The van der Waals surface area contributed by atoms with Crippen LogP contribution in [0.2, 0.25) is 5.15 Å². The molecule has 0 fully saturated rings. The number of ether oxygens (including phenoxy) is 2. The summed E-state index contributed by atoms with van der Waals surface area (Å²) in [4.78, 5) is 47.1. The van der Waals surface area contributed by atoms with Crippen LogP contribution in [-0.4, -0.2) is 45.9 Å². The monoisotopic (exact) mass is 476 g/mol. The van der Waals surface area contributed by atoms with E-state index >= 15 is 0 Å². The molecule has 9 heteroatoms.